The van der Waals surface area contributed by atoms with Crippen molar-refractivity contribution in [3.8, 4) is 0 Å². The fourth-order valence-electron chi connectivity index (χ4n) is 2.67. The van der Waals surface area contributed by atoms with Gasteiger partial charge < -0.3 is 15.0 Å². The largest absolute Gasteiger partial charge is 0.370 e. The van der Waals surface area contributed by atoms with Gasteiger partial charge in [-0.3, -0.25) is 4.79 Å². The van der Waals surface area contributed by atoms with Crippen molar-refractivity contribution in [3.63, 3.8) is 0 Å². The number of carbonyl (C=O) groups is 1. The lowest BCUT2D eigenvalue weighted by Crippen LogP contribution is -2.42. The van der Waals surface area contributed by atoms with Gasteiger partial charge in [-0.05, 0) is 31.0 Å². The van der Waals surface area contributed by atoms with Crippen LogP contribution in [0.5, 0.6) is 0 Å². The van der Waals surface area contributed by atoms with E-state index in [1.54, 1.807) is 30.2 Å². The van der Waals surface area contributed by atoms with Crippen LogP contribution in [0, 0.1) is 12.7 Å². The number of anilines is 1. The normalized spacial score (nSPS) is 17.8. The Morgan fingerprint density at radius 3 is 3.12 bits per heavy atom. The van der Waals surface area contributed by atoms with Gasteiger partial charge in [-0.1, -0.05) is 23.5 Å². The molecule has 2 aromatic rings. The number of ether oxygens (including phenoxy) is 1. The number of hydrogen-bond donors (Lipinski definition) is 1. The van der Waals surface area contributed by atoms with Crippen LogP contribution in [-0.2, 0) is 4.74 Å². The number of rotatable bonds is 4. The summed E-state index contributed by atoms with van der Waals surface area (Å²) in [4.78, 5) is 19.3. The zero-order chi connectivity index (χ0) is 17.1. The highest BCUT2D eigenvalue weighted by molar-refractivity contribution is 7.17. The van der Waals surface area contributed by atoms with Crippen molar-refractivity contribution in [2.75, 3.05) is 31.6 Å². The number of nitrogens with one attached hydrogen (secondary N) is 1. The molecule has 0 spiro atoms. The minimum atomic E-state index is -0.233. The number of carbonyl (C=O) groups excluding carboxylic acids is 1. The molecule has 5 nitrogen and oxygen atoms in total. The molecule has 0 aliphatic carbocycles. The molecule has 1 N–H and O–H groups in total. The van der Waals surface area contributed by atoms with Crippen LogP contribution < -0.4 is 5.32 Å². The Kier molecular flexibility index (Phi) is 5.11. The summed E-state index contributed by atoms with van der Waals surface area (Å²) in [5.41, 5.74) is 1.47. The SMILES string of the molecule is CCNc1ncc(C(=O)N2CCO[C@H](c3ccc(F)c(C)c3)C2)s1. The van der Waals surface area contributed by atoms with Crippen LogP contribution in [0.1, 0.15) is 33.8 Å². The molecule has 7 heteroatoms. The molecule has 1 aromatic carbocycles. The third-order valence-electron chi connectivity index (χ3n) is 3.95. The van der Waals surface area contributed by atoms with Gasteiger partial charge in [-0.25, -0.2) is 9.37 Å². The van der Waals surface area contributed by atoms with E-state index < -0.39 is 0 Å². The van der Waals surface area contributed by atoms with Gasteiger partial charge in [0.25, 0.3) is 5.91 Å². The molecule has 1 fully saturated rings. The quantitative estimate of drug-likeness (QED) is 0.921. The number of thiazole rings is 1. The first-order chi connectivity index (χ1) is 11.6. The molecule has 1 saturated heterocycles. The molecule has 128 valence electrons. The fraction of sp³-hybridized carbons (Fsp3) is 0.412. The summed E-state index contributed by atoms with van der Waals surface area (Å²) in [6, 6.07) is 4.95. The van der Waals surface area contributed by atoms with Crippen LogP contribution in [0.3, 0.4) is 0 Å². The maximum Gasteiger partial charge on any atom is 0.265 e. The number of nitrogens with zero attached hydrogens (tertiary/aromatic N) is 2. The second-order valence-electron chi connectivity index (χ2n) is 5.68. The van der Waals surface area contributed by atoms with Crippen LogP contribution in [0.25, 0.3) is 0 Å². The first-order valence-corrected chi connectivity index (χ1v) is 8.76. The van der Waals surface area contributed by atoms with Gasteiger partial charge in [0.2, 0.25) is 0 Å². The molecule has 0 bridgehead atoms. The second kappa shape index (κ2) is 7.27. The highest BCUT2D eigenvalue weighted by atomic mass is 32.1. The Balaban J connectivity index is 1.72. The maximum atomic E-state index is 13.4. The zero-order valence-electron chi connectivity index (χ0n) is 13.7. The Bertz CT molecular complexity index is 734. The minimum absolute atomic E-state index is 0.0382. The molecule has 24 heavy (non-hydrogen) atoms. The van der Waals surface area contributed by atoms with E-state index in [2.05, 4.69) is 10.3 Å². The molecule has 2 heterocycles. The lowest BCUT2D eigenvalue weighted by atomic mass is 10.0. The predicted molar refractivity (Wildman–Crippen MR) is 92.0 cm³/mol. The number of halogens is 1. The first-order valence-electron chi connectivity index (χ1n) is 7.95. The number of aryl methyl sites for hydroxylation is 1. The van der Waals surface area contributed by atoms with Crippen LogP contribution in [0.4, 0.5) is 9.52 Å². The molecule has 0 saturated carbocycles. The number of morpholine rings is 1. The van der Waals surface area contributed by atoms with Gasteiger partial charge >= 0.3 is 0 Å². The average Bonchev–Trinajstić information content (AvgIpc) is 3.06. The third-order valence-corrected chi connectivity index (χ3v) is 4.89. The highest BCUT2D eigenvalue weighted by Crippen LogP contribution is 2.26. The summed E-state index contributed by atoms with van der Waals surface area (Å²) >= 11 is 1.36. The molecule has 1 amide bonds. The van der Waals surface area contributed by atoms with E-state index >= 15 is 0 Å². The van der Waals surface area contributed by atoms with Crippen LogP contribution in [0.2, 0.25) is 0 Å². The zero-order valence-corrected chi connectivity index (χ0v) is 14.5. The molecule has 0 radical (unpaired) electrons. The highest BCUT2D eigenvalue weighted by Gasteiger charge is 2.27. The summed E-state index contributed by atoms with van der Waals surface area (Å²) in [6.07, 6.45) is 1.38. The van der Waals surface area contributed by atoms with Crippen molar-refractivity contribution < 1.29 is 13.9 Å². The Morgan fingerprint density at radius 2 is 2.38 bits per heavy atom. The van der Waals surface area contributed by atoms with E-state index in [1.807, 2.05) is 6.92 Å². The van der Waals surface area contributed by atoms with Crippen molar-refractivity contribution in [2.24, 2.45) is 0 Å². The standard InChI is InChI=1S/C17H20FN3O2S/c1-3-19-17-20-9-15(24-17)16(22)21-6-7-23-14(10-21)12-4-5-13(18)11(2)8-12/h4-5,8-9,14H,3,6-7,10H2,1-2H3,(H,19,20)/t14-/m0/s1. The Morgan fingerprint density at radius 1 is 1.54 bits per heavy atom. The van der Waals surface area contributed by atoms with E-state index in [9.17, 15) is 9.18 Å². The van der Waals surface area contributed by atoms with Crippen LogP contribution in [-0.4, -0.2) is 42.0 Å². The lowest BCUT2D eigenvalue weighted by Gasteiger charge is -2.33. The van der Waals surface area contributed by atoms with E-state index in [0.717, 1.165) is 17.2 Å². The lowest BCUT2D eigenvalue weighted by molar-refractivity contribution is -0.0227. The van der Waals surface area contributed by atoms with Crippen molar-refractivity contribution in [3.05, 3.63) is 46.2 Å². The van der Waals surface area contributed by atoms with Crippen molar-refractivity contribution in [2.45, 2.75) is 20.0 Å². The summed E-state index contributed by atoms with van der Waals surface area (Å²) < 4.78 is 19.2. The molecule has 3 rings (SSSR count). The molecule has 1 aliphatic rings. The summed E-state index contributed by atoms with van der Waals surface area (Å²) in [7, 11) is 0. The molecule has 0 unspecified atom stereocenters. The van der Waals surface area contributed by atoms with E-state index in [4.69, 9.17) is 4.74 Å². The molecule has 1 aliphatic heterocycles. The number of aromatic nitrogens is 1. The van der Waals surface area contributed by atoms with Gasteiger partial charge in [0.15, 0.2) is 5.13 Å². The fourth-order valence-corrected chi connectivity index (χ4v) is 3.52. The van der Waals surface area contributed by atoms with Crippen molar-refractivity contribution in [1.82, 2.24) is 9.88 Å². The van der Waals surface area contributed by atoms with E-state index in [0.29, 0.717) is 30.1 Å². The Labute approximate surface area is 144 Å². The molecule has 1 atom stereocenters. The third kappa shape index (κ3) is 3.57. The van der Waals surface area contributed by atoms with Crippen molar-refractivity contribution in [1.29, 1.82) is 0 Å². The summed E-state index contributed by atoms with van der Waals surface area (Å²) in [6.45, 7) is 5.95. The molecular weight excluding hydrogens is 329 g/mol. The number of benzene rings is 1. The average molecular weight is 349 g/mol. The van der Waals surface area contributed by atoms with Crippen LogP contribution >= 0.6 is 11.3 Å². The second-order valence-corrected chi connectivity index (χ2v) is 6.71. The first kappa shape index (κ1) is 16.9. The topological polar surface area (TPSA) is 54.5 Å². The maximum absolute atomic E-state index is 13.4. The number of amides is 1. The Hall–Kier alpha value is -1.99. The van der Waals surface area contributed by atoms with E-state index in [-0.39, 0.29) is 17.8 Å². The molecular formula is C17H20FN3O2S. The van der Waals surface area contributed by atoms with Crippen molar-refractivity contribution >= 4 is 22.4 Å². The van der Waals surface area contributed by atoms with Gasteiger partial charge in [0, 0.05) is 13.1 Å². The number of hydrogen-bond acceptors (Lipinski definition) is 5. The summed E-state index contributed by atoms with van der Waals surface area (Å²) in [5.74, 6) is -0.271. The van der Waals surface area contributed by atoms with Gasteiger partial charge in [-0.2, -0.15) is 0 Å². The van der Waals surface area contributed by atoms with Gasteiger partial charge in [0.1, 0.15) is 16.8 Å². The van der Waals surface area contributed by atoms with Gasteiger partial charge in [-0.15, -0.1) is 0 Å². The van der Waals surface area contributed by atoms with E-state index in [1.165, 1.54) is 17.4 Å². The molecule has 1 aromatic heterocycles. The minimum Gasteiger partial charge on any atom is -0.370 e. The monoisotopic (exact) mass is 349 g/mol. The summed E-state index contributed by atoms with van der Waals surface area (Å²) in [5, 5.41) is 3.86. The predicted octanol–water partition coefficient (Wildman–Crippen LogP) is 3.24. The smallest absolute Gasteiger partial charge is 0.265 e. The van der Waals surface area contributed by atoms with Gasteiger partial charge in [0.05, 0.1) is 19.3 Å². The van der Waals surface area contributed by atoms with Crippen LogP contribution in [0.15, 0.2) is 24.4 Å².